The summed E-state index contributed by atoms with van der Waals surface area (Å²) in [5.41, 5.74) is 1.38. The van der Waals surface area contributed by atoms with E-state index in [4.69, 9.17) is 4.74 Å². The second-order valence-corrected chi connectivity index (χ2v) is 2.41. The Balaban J connectivity index is 0.00000144. The first kappa shape index (κ1) is 11.9. The Morgan fingerprint density at radius 1 is 1.62 bits per heavy atom. The summed E-state index contributed by atoms with van der Waals surface area (Å²) in [6.45, 7) is 4.02. The van der Waals surface area contributed by atoms with E-state index in [2.05, 4.69) is 4.98 Å². The van der Waals surface area contributed by atoms with E-state index in [1.807, 2.05) is 6.92 Å². The molecule has 0 unspecified atom stereocenters. The number of halogens is 1. The molecule has 13 heavy (non-hydrogen) atoms. The Labute approximate surface area is 83.5 Å². The molecule has 0 radical (unpaired) electrons. The lowest BCUT2D eigenvalue weighted by Gasteiger charge is -2.00. The topological polar surface area (TPSA) is 39.2 Å². The summed E-state index contributed by atoms with van der Waals surface area (Å²) in [5, 5.41) is 0. The van der Waals surface area contributed by atoms with Crippen LogP contribution in [0.4, 0.5) is 0 Å². The zero-order chi connectivity index (χ0) is 8.97. The van der Waals surface area contributed by atoms with Crippen molar-refractivity contribution in [2.24, 2.45) is 0 Å². The van der Waals surface area contributed by atoms with Gasteiger partial charge in [-0.05, 0) is 26.0 Å². The average molecular weight is 202 g/mol. The highest BCUT2D eigenvalue weighted by atomic mass is 35.5. The Kier molecular flexibility index (Phi) is 5.07. The van der Waals surface area contributed by atoms with Crippen molar-refractivity contribution in [1.82, 2.24) is 4.98 Å². The van der Waals surface area contributed by atoms with Crippen molar-refractivity contribution in [1.29, 1.82) is 0 Å². The van der Waals surface area contributed by atoms with Crippen LogP contribution in [0.3, 0.4) is 0 Å². The summed E-state index contributed by atoms with van der Waals surface area (Å²) in [6, 6.07) is 3.35. The number of hydrogen-bond acceptors (Lipinski definition) is 3. The molecule has 3 nitrogen and oxygen atoms in total. The maximum atomic E-state index is 11.1. The Morgan fingerprint density at radius 3 is 2.85 bits per heavy atom. The summed E-state index contributed by atoms with van der Waals surface area (Å²) in [5.74, 6) is -0.289. The van der Waals surface area contributed by atoms with Crippen molar-refractivity contribution in [2.75, 3.05) is 6.61 Å². The summed E-state index contributed by atoms with van der Waals surface area (Å²) < 4.78 is 4.82. The van der Waals surface area contributed by atoms with E-state index in [-0.39, 0.29) is 18.4 Å². The van der Waals surface area contributed by atoms with Crippen LogP contribution >= 0.6 is 12.4 Å². The summed E-state index contributed by atoms with van der Waals surface area (Å²) >= 11 is 0. The van der Waals surface area contributed by atoms with Gasteiger partial charge in [0.1, 0.15) is 0 Å². The second kappa shape index (κ2) is 5.54. The standard InChI is InChI=1S/C9H11NO2.ClH/c1-3-12-9(11)8-4-5-10-7(2)6-8;/h4-6H,3H2,1-2H3;1H. The Hall–Kier alpha value is -1.09. The van der Waals surface area contributed by atoms with E-state index in [0.717, 1.165) is 5.69 Å². The predicted octanol–water partition coefficient (Wildman–Crippen LogP) is 1.99. The number of ether oxygens (including phenoxy) is 1. The third-order valence-electron chi connectivity index (χ3n) is 1.41. The number of aromatic nitrogens is 1. The van der Waals surface area contributed by atoms with Crippen LogP contribution < -0.4 is 0 Å². The van der Waals surface area contributed by atoms with Crippen LogP contribution in [0.15, 0.2) is 18.3 Å². The minimum absolute atomic E-state index is 0. The van der Waals surface area contributed by atoms with Crippen molar-refractivity contribution >= 4 is 18.4 Å². The average Bonchev–Trinajstić information content (AvgIpc) is 2.05. The third kappa shape index (κ3) is 3.42. The number of pyridine rings is 1. The van der Waals surface area contributed by atoms with Gasteiger partial charge in [0.05, 0.1) is 12.2 Å². The number of hydrogen-bond donors (Lipinski definition) is 0. The molecule has 0 aliphatic rings. The molecule has 1 rings (SSSR count). The van der Waals surface area contributed by atoms with Crippen LogP contribution in [0.25, 0.3) is 0 Å². The molecule has 72 valence electrons. The molecule has 0 aliphatic carbocycles. The minimum Gasteiger partial charge on any atom is -0.462 e. The van der Waals surface area contributed by atoms with E-state index in [0.29, 0.717) is 12.2 Å². The highest BCUT2D eigenvalue weighted by Crippen LogP contribution is 2.02. The number of esters is 1. The number of carbonyl (C=O) groups excluding carboxylic acids is 1. The molecule has 0 atom stereocenters. The molecule has 0 amide bonds. The van der Waals surface area contributed by atoms with Crippen LogP contribution in [-0.2, 0) is 4.74 Å². The van der Waals surface area contributed by atoms with Gasteiger partial charge in [0.15, 0.2) is 0 Å². The van der Waals surface area contributed by atoms with Gasteiger partial charge in [-0.15, -0.1) is 12.4 Å². The molecule has 0 aromatic carbocycles. The van der Waals surface area contributed by atoms with Crippen LogP contribution in [0.2, 0.25) is 0 Å². The van der Waals surface area contributed by atoms with Crippen molar-refractivity contribution in [3.63, 3.8) is 0 Å². The normalized spacial score (nSPS) is 8.77. The molecule has 1 aromatic heterocycles. The first-order chi connectivity index (χ1) is 5.74. The third-order valence-corrected chi connectivity index (χ3v) is 1.41. The fourth-order valence-electron chi connectivity index (χ4n) is 0.887. The maximum absolute atomic E-state index is 11.1. The molecule has 0 fully saturated rings. The molecular weight excluding hydrogens is 190 g/mol. The molecule has 4 heteroatoms. The van der Waals surface area contributed by atoms with Gasteiger partial charge in [-0.2, -0.15) is 0 Å². The van der Waals surface area contributed by atoms with Crippen molar-refractivity contribution in [3.05, 3.63) is 29.6 Å². The fourth-order valence-corrected chi connectivity index (χ4v) is 0.887. The minimum atomic E-state index is -0.289. The monoisotopic (exact) mass is 201 g/mol. The zero-order valence-electron chi connectivity index (χ0n) is 7.61. The molecule has 0 N–H and O–H groups in total. The van der Waals surface area contributed by atoms with Crippen molar-refractivity contribution in [2.45, 2.75) is 13.8 Å². The highest BCUT2D eigenvalue weighted by molar-refractivity contribution is 5.89. The van der Waals surface area contributed by atoms with Crippen LogP contribution in [-0.4, -0.2) is 17.6 Å². The van der Waals surface area contributed by atoms with E-state index in [9.17, 15) is 4.79 Å². The lowest BCUT2D eigenvalue weighted by molar-refractivity contribution is 0.0526. The van der Waals surface area contributed by atoms with E-state index < -0.39 is 0 Å². The van der Waals surface area contributed by atoms with Gasteiger partial charge < -0.3 is 4.74 Å². The first-order valence-corrected chi connectivity index (χ1v) is 3.84. The molecule has 0 bridgehead atoms. The second-order valence-electron chi connectivity index (χ2n) is 2.41. The summed E-state index contributed by atoms with van der Waals surface area (Å²) in [6.07, 6.45) is 1.60. The number of aryl methyl sites for hydroxylation is 1. The van der Waals surface area contributed by atoms with Gasteiger partial charge in [0.2, 0.25) is 0 Å². The van der Waals surface area contributed by atoms with Crippen molar-refractivity contribution < 1.29 is 9.53 Å². The lowest BCUT2D eigenvalue weighted by Crippen LogP contribution is -2.04. The smallest absolute Gasteiger partial charge is 0.338 e. The molecule has 1 heterocycles. The van der Waals surface area contributed by atoms with Crippen LogP contribution in [0, 0.1) is 6.92 Å². The number of carbonyl (C=O) groups is 1. The first-order valence-electron chi connectivity index (χ1n) is 3.84. The zero-order valence-corrected chi connectivity index (χ0v) is 8.43. The summed E-state index contributed by atoms with van der Waals surface area (Å²) in [7, 11) is 0. The van der Waals surface area contributed by atoms with Gasteiger partial charge in [-0.3, -0.25) is 4.98 Å². The molecular formula is C9H12ClNO2. The Bertz CT molecular complexity index is 289. The van der Waals surface area contributed by atoms with Gasteiger partial charge in [-0.1, -0.05) is 0 Å². The molecule has 0 saturated heterocycles. The van der Waals surface area contributed by atoms with E-state index in [1.54, 1.807) is 25.3 Å². The molecule has 0 spiro atoms. The predicted molar refractivity (Wildman–Crippen MR) is 52.2 cm³/mol. The van der Waals surface area contributed by atoms with E-state index in [1.165, 1.54) is 0 Å². The van der Waals surface area contributed by atoms with Crippen LogP contribution in [0.5, 0.6) is 0 Å². The maximum Gasteiger partial charge on any atom is 0.338 e. The SMILES string of the molecule is CCOC(=O)c1ccnc(C)c1.Cl. The lowest BCUT2D eigenvalue weighted by atomic mass is 10.2. The number of rotatable bonds is 2. The van der Waals surface area contributed by atoms with Gasteiger partial charge in [0, 0.05) is 11.9 Å². The fraction of sp³-hybridized carbons (Fsp3) is 0.333. The molecule has 0 aliphatic heterocycles. The van der Waals surface area contributed by atoms with Gasteiger partial charge in [-0.25, -0.2) is 4.79 Å². The molecule has 0 saturated carbocycles. The van der Waals surface area contributed by atoms with Crippen molar-refractivity contribution in [3.8, 4) is 0 Å². The highest BCUT2D eigenvalue weighted by Gasteiger charge is 2.04. The van der Waals surface area contributed by atoms with Gasteiger partial charge >= 0.3 is 5.97 Å². The Morgan fingerprint density at radius 2 is 2.31 bits per heavy atom. The largest absolute Gasteiger partial charge is 0.462 e. The molecule has 1 aromatic rings. The number of nitrogens with zero attached hydrogens (tertiary/aromatic N) is 1. The quantitative estimate of drug-likeness (QED) is 0.687. The van der Waals surface area contributed by atoms with E-state index >= 15 is 0 Å². The van der Waals surface area contributed by atoms with Crippen LogP contribution in [0.1, 0.15) is 23.0 Å². The van der Waals surface area contributed by atoms with Gasteiger partial charge in [0.25, 0.3) is 0 Å². The summed E-state index contributed by atoms with van der Waals surface area (Å²) in [4.78, 5) is 15.1.